The van der Waals surface area contributed by atoms with Gasteiger partial charge in [-0.05, 0) is 36.8 Å². The highest BCUT2D eigenvalue weighted by molar-refractivity contribution is 7.88. The zero-order valence-corrected chi connectivity index (χ0v) is 23.5. The van der Waals surface area contributed by atoms with Gasteiger partial charge in [-0.15, -0.1) is 0 Å². The lowest BCUT2D eigenvalue weighted by Gasteiger charge is -2.33. The highest BCUT2D eigenvalue weighted by atomic mass is 32.2. The topological polar surface area (TPSA) is 124 Å². The molecule has 5 rings (SSSR count). The molecule has 14 heteroatoms. The largest absolute Gasteiger partial charge is 0.416 e. The summed E-state index contributed by atoms with van der Waals surface area (Å²) in [7, 11) is -3.35. The van der Waals surface area contributed by atoms with Crippen molar-refractivity contribution in [2.75, 3.05) is 37.8 Å². The van der Waals surface area contributed by atoms with Gasteiger partial charge in [0, 0.05) is 79.2 Å². The Balaban J connectivity index is 1.29. The zero-order valence-electron chi connectivity index (χ0n) is 22.7. The molecule has 1 aromatic carbocycles. The van der Waals surface area contributed by atoms with Crippen molar-refractivity contribution in [3.8, 4) is 11.8 Å². The number of hydrogen-bond donors (Lipinski definition) is 2. The molecule has 1 saturated heterocycles. The normalized spacial score (nSPS) is 14.9. The minimum atomic E-state index is -4.66. The van der Waals surface area contributed by atoms with Crippen LogP contribution in [0.15, 0.2) is 48.9 Å². The molecule has 0 bridgehead atoms. The van der Waals surface area contributed by atoms with Gasteiger partial charge in [0.1, 0.15) is 0 Å². The standard InChI is InChI=1S/C28H26F3N7O3S/c1-18-24-12-20(15-33-26(24)36-35-18)4-3-19-11-22(16-32-14-19)27(39)34-23-6-5-21(25(13-23)28(29,30)31)17-37-7-9-38(10-8-37)42(2,40)41/h5-6,11-16H,7-10,17H2,1-2H3,(H,34,39)(H,33,35,36). The van der Waals surface area contributed by atoms with E-state index in [-0.39, 0.29) is 36.4 Å². The number of rotatable bonds is 5. The molecule has 42 heavy (non-hydrogen) atoms. The van der Waals surface area contributed by atoms with Gasteiger partial charge in [0.15, 0.2) is 5.65 Å². The Bertz CT molecular complexity index is 1820. The van der Waals surface area contributed by atoms with Crippen molar-refractivity contribution in [2.45, 2.75) is 19.6 Å². The Morgan fingerprint density at radius 2 is 1.76 bits per heavy atom. The highest BCUT2D eigenvalue weighted by Gasteiger charge is 2.34. The van der Waals surface area contributed by atoms with Crippen LogP contribution in [0.2, 0.25) is 0 Å². The monoisotopic (exact) mass is 597 g/mol. The van der Waals surface area contributed by atoms with Crippen molar-refractivity contribution in [1.82, 2.24) is 29.4 Å². The minimum Gasteiger partial charge on any atom is -0.322 e. The molecule has 10 nitrogen and oxygen atoms in total. The fourth-order valence-corrected chi connectivity index (χ4v) is 5.41. The Hall–Kier alpha value is -4.32. The number of nitrogens with zero attached hydrogens (tertiary/aromatic N) is 5. The number of aryl methyl sites for hydroxylation is 1. The molecule has 0 aliphatic carbocycles. The molecule has 3 aromatic heterocycles. The molecule has 4 aromatic rings. The highest BCUT2D eigenvalue weighted by Crippen LogP contribution is 2.35. The van der Waals surface area contributed by atoms with Crippen molar-refractivity contribution in [3.63, 3.8) is 0 Å². The number of piperazine rings is 1. The summed E-state index contributed by atoms with van der Waals surface area (Å²) in [6.07, 6.45) is 0.813. The van der Waals surface area contributed by atoms with Crippen LogP contribution in [0.3, 0.4) is 0 Å². The smallest absolute Gasteiger partial charge is 0.322 e. The number of fused-ring (bicyclic) bond motifs is 1. The average Bonchev–Trinajstić information content (AvgIpc) is 3.32. The Morgan fingerprint density at radius 1 is 1.05 bits per heavy atom. The molecule has 0 unspecified atom stereocenters. The van der Waals surface area contributed by atoms with Crippen LogP contribution in [0.1, 0.15) is 38.3 Å². The number of amides is 1. The second-order valence-corrected chi connectivity index (χ2v) is 11.9. The first-order valence-electron chi connectivity index (χ1n) is 12.8. The zero-order chi connectivity index (χ0) is 30.1. The van der Waals surface area contributed by atoms with E-state index in [4.69, 9.17) is 0 Å². The molecule has 2 N–H and O–H groups in total. The predicted molar refractivity (Wildman–Crippen MR) is 150 cm³/mol. The van der Waals surface area contributed by atoms with Gasteiger partial charge in [0.2, 0.25) is 10.0 Å². The fraction of sp³-hybridized carbons (Fsp3) is 0.286. The average molecular weight is 598 g/mol. The summed E-state index contributed by atoms with van der Waals surface area (Å²) >= 11 is 0. The summed E-state index contributed by atoms with van der Waals surface area (Å²) in [6.45, 7) is 2.90. The van der Waals surface area contributed by atoms with Crippen LogP contribution in [-0.4, -0.2) is 76.1 Å². The summed E-state index contributed by atoms with van der Waals surface area (Å²) in [5.74, 6) is 5.26. The maximum Gasteiger partial charge on any atom is 0.416 e. The van der Waals surface area contributed by atoms with Crippen LogP contribution in [0, 0.1) is 18.8 Å². The van der Waals surface area contributed by atoms with Crippen LogP contribution >= 0.6 is 0 Å². The maximum absolute atomic E-state index is 14.0. The molecule has 0 saturated carbocycles. The van der Waals surface area contributed by atoms with Gasteiger partial charge in [-0.1, -0.05) is 17.9 Å². The molecule has 1 fully saturated rings. The third-order valence-electron chi connectivity index (χ3n) is 6.82. The number of aromatic nitrogens is 4. The summed E-state index contributed by atoms with van der Waals surface area (Å²) in [5.41, 5.74) is 1.77. The van der Waals surface area contributed by atoms with Crippen molar-refractivity contribution >= 4 is 32.7 Å². The number of benzene rings is 1. The Labute approximate surface area is 240 Å². The van der Waals surface area contributed by atoms with Crippen molar-refractivity contribution < 1.29 is 26.4 Å². The van der Waals surface area contributed by atoms with Crippen LogP contribution < -0.4 is 5.32 Å². The van der Waals surface area contributed by atoms with Gasteiger partial charge in [0.05, 0.1) is 17.4 Å². The Morgan fingerprint density at radius 3 is 2.45 bits per heavy atom. The molecule has 1 amide bonds. The molecule has 218 valence electrons. The lowest BCUT2D eigenvalue weighted by molar-refractivity contribution is -0.138. The lowest BCUT2D eigenvalue weighted by atomic mass is 10.0. The summed E-state index contributed by atoms with van der Waals surface area (Å²) < 4.78 is 66.7. The van der Waals surface area contributed by atoms with Crippen LogP contribution in [-0.2, 0) is 22.7 Å². The first-order valence-corrected chi connectivity index (χ1v) is 14.7. The van der Waals surface area contributed by atoms with E-state index in [0.717, 1.165) is 23.4 Å². The number of nitrogens with one attached hydrogen (secondary N) is 2. The van der Waals surface area contributed by atoms with E-state index in [1.165, 1.54) is 34.9 Å². The van der Waals surface area contributed by atoms with Crippen LogP contribution in [0.25, 0.3) is 11.0 Å². The second kappa shape index (κ2) is 11.5. The molecular formula is C28H26F3N7O3S. The summed E-state index contributed by atoms with van der Waals surface area (Å²) in [5, 5.41) is 10.3. The Kier molecular flexibility index (Phi) is 8.00. The predicted octanol–water partition coefficient (Wildman–Crippen LogP) is 3.41. The van der Waals surface area contributed by atoms with Gasteiger partial charge in [-0.25, -0.2) is 13.4 Å². The fourth-order valence-electron chi connectivity index (χ4n) is 4.58. The van der Waals surface area contributed by atoms with Gasteiger partial charge in [0.25, 0.3) is 5.91 Å². The van der Waals surface area contributed by atoms with Crippen molar-refractivity contribution in [3.05, 3.63) is 82.4 Å². The van der Waals surface area contributed by atoms with E-state index in [0.29, 0.717) is 29.9 Å². The number of alkyl halides is 3. The first kappa shape index (κ1) is 29.2. The third kappa shape index (κ3) is 6.76. The number of halogens is 3. The van der Waals surface area contributed by atoms with Gasteiger partial charge in [-0.3, -0.25) is 19.8 Å². The molecule has 0 spiro atoms. The SMILES string of the molecule is Cc1[nH]nc2ncc(C#Cc3cncc(C(=O)Nc4ccc(CN5CCN(S(C)(=O)=O)CC5)c(C(F)(F)F)c4)c3)cc12. The number of anilines is 1. The number of H-pyrrole nitrogens is 1. The third-order valence-corrected chi connectivity index (χ3v) is 8.12. The van der Waals surface area contributed by atoms with Crippen molar-refractivity contribution in [1.29, 1.82) is 0 Å². The van der Waals surface area contributed by atoms with E-state index in [2.05, 4.69) is 37.3 Å². The second-order valence-electron chi connectivity index (χ2n) is 9.92. The molecule has 4 heterocycles. The van der Waals surface area contributed by atoms with Gasteiger partial charge >= 0.3 is 6.18 Å². The minimum absolute atomic E-state index is 0.00603. The lowest BCUT2D eigenvalue weighted by Crippen LogP contribution is -2.47. The molecule has 1 aliphatic heterocycles. The van der Waals surface area contributed by atoms with E-state index < -0.39 is 27.7 Å². The number of aromatic amines is 1. The van der Waals surface area contributed by atoms with E-state index >= 15 is 0 Å². The van der Waals surface area contributed by atoms with E-state index in [9.17, 15) is 26.4 Å². The van der Waals surface area contributed by atoms with E-state index in [1.54, 1.807) is 11.1 Å². The summed E-state index contributed by atoms with van der Waals surface area (Å²) in [6, 6.07) is 6.98. The number of hydrogen-bond acceptors (Lipinski definition) is 7. The molecule has 0 radical (unpaired) electrons. The van der Waals surface area contributed by atoms with E-state index in [1.807, 2.05) is 13.0 Å². The molecular weight excluding hydrogens is 571 g/mol. The number of sulfonamides is 1. The van der Waals surface area contributed by atoms with Gasteiger partial charge in [-0.2, -0.15) is 22.6 Å². The number of carbonyl (C=O) groups excluding carboxylic acids is 1. The molecule has 1 aliphatic rings. The van der Waals surface area contributed by atoms with Crippen LogP contribution in [0.4, 0.5) is 18.9 Å². The number of carbonyl (C=O) groups is 1. The number of pyridine rings is 2. The molecule has 0 atom stereocenters. The quantitative estimate of drug-likeness (QED) is 0.338. The summed E-state index contributed by atoms with van der Waals surface area (Å²) in [4.78, 5) is 23.0. The maximum atomic E-state index is 14.0. The first-order chi connectivity index (χ1) is 19.9. The van der Waals surface area contributed by atoms with Crippen LogP contribution in [0.5, 0.6) is 0 Å². The van der Waals surface area contributed by atoms with Gasteiger partial charge < -0.3 is 5.32 Å². The van der Waals surface area contributed by atoms with Crippen molar-refractivity contribution in [2.24, 2.45) is 0 Å².